The molecule has 0 aliphatic heterocycles. The topological polar surface area (TPSA) is 105 Å². The van der Waals surface area contributed by atoms with Crippen LogP contribution in [0, 0.1) is 24.0 Å². The molecule has 0 aliphatic rings. The second-order valence-corrected chi connectivity index (χ2v) is 5.55. The van der Waals surface area contributed by atoms with Crippen LogP contribution in [0.5, 0.6) is 0 Å². The van der Waals surface area contributed by atoms with Crippen LogP contribution in [0.4, 0.5) is 17.2 Å². The molecule has 0 amide bonds. The first-order chi connectivity index (χ1) is 10.3. The van der Waals surface area contributed by atoms with E-state index in [-0.39, 0.29) is 11.3 Å². The number of hydrogen-bond donors (Lipinski definition) is 2. The summed E-state index contributed by atoms with van der Waals surface area (Å²) in [6.07, 6.45) is 1.64. The van der Waals surface area contributed by atoms with Gasteiger partial charge in [0.2, 0.25) is 0 Å². The average molecular weight is 366 g/mol. The van der Waals surface area contributed by atoms with E-state index in [2.05, 4.69) is 26.2 Å². The van der Waals surface area contributed by atoms with Crippen molar-refractivity contribution in [2.75, 3.05) is 5.32 Å². The first kappa shape index (κ1) is 15.9. The fourth-order valence-corrected chi connectivity index (χ4v) is 2.47. The molecule has 0 fully saturated rings. The van der Waals surface area contributed by atoms with E-state index in [4.69, 9.17) is 0 Å². The molecule has 1 aromatic heterocycles. The van der Waals surface area contributed by atoms with Crippen LogP contribution in [-0.4, -0.2) is 21.0 Å². The molecule has 114 valence electrons. The van der Waals surface area contributed by atoms with Crippen LogP contribution in [0.3, 0.4) is 0 Å². The minimum atomic E-state index is -1.22. The Labute approximate surface area is 134 Å². The van der Waals surface area contributed by atoms with E-state index >= 15 is 0 Å². The highest BCUT2D eigenvalue weighted by molar-refractivity contribution is 9.10. The zero-order chi connectivity index (χ0) is 16.4. The predicted molar refractivity (Wildman–Crippen MR) is 84.7 cm³/mol. The number of aryl methyl sites for hydroxylation is 1. The van der Waals surface area contributed by atoms with E-state index < -0.39 is 10.9 Å². The maximum absolute atomic E-state index is 11.2. The first-order valence-electron chi connectivity index (χ1n) is 6.21. The number of nitrogens with zero attached hydrogens (tertiary/aromatic N) is 2. The molecule has 0 atom stereocenters. The van der Waals surface area contributed by atoms with Crippen LogP contribution in [0.25, 0.3) is 0 Å². The SMILES string of the molecule is Cc1cnc(Nc2cc([N+](=O)[O-])cc(C(=O)O)c2C)c(Br)c1. The summed E-state index contributed by atoms with van der Waals surface area (Å²) in [6, 6.07) is 4.16. The molecule has 1 aromatic carbocycles. The van der Waals surface area contributed by atoms with Gasteiger partial charge in [-0.3, -0.25) is 10.1 Å². The van der Waals surface area contributed by atoms with Gasteiger partial charge in [0, 0.05) is 18.3 Å². The number of hydrogen-bond acceptors (Lipinski definition) is 5. The molecule has 2 aromatic rings. The highest BCUT2D eigenvalue weighted by Crippen LogP contribution is 2.31. The lowest BCUT2D eigenvalue weighted by atomic mass is 10.1. The molecule has 0 saturated carbocycles. The third kappa shape index (κ3) is 3.22. The van der Waals surface area contributed by atoms with E-state index in [1.807, 2.05) is 13.0 Å². The molecular weight excluding hydrogens is 354 g/mol. The number of carbonyl (C=O) groups is 1. The quantitative estimate of drug-likeness (QED) is 0.630. The molecule has 0 bridgehead atoms. The van der Waals surface area contributed by atoms with Gasteiger partial charge in [0.15, 0.2) is 0 Å². The summed E-state index contributed by atoms with van der Waals surface area (Å²) in [5, 5.41) is 23.1. The number of rotatable bonds is 4. The molecule has 0 unspecified atom stereocenters. The van der Waals surface area contributed by atoms with Gasteiger partial charge in [-0.2, -0.15) is 0 Å². The number of nitro benzene ring substituents is 1. The smallest absolute Gasteiger partial charge is 0.336 e. The number of carboxylic acids is 1. The zero-order valence-electron chi connectivity index (χ0n) is 11.8. The van der Waals surface area contributed by atoms with Crippen LogP contribution < -0.4 is 5.32 Å². The maximum Gasteiger partial charge on any atom is 0.336 e. The second kappa shape index (κ2) is 6.10. The van der Waals surface area contributed by atoms with Gasteiger partial charge in [0.1, 0.15) is 5.82 Å². The normalized spacial score (nSPS) is 10.3. The summed E-state index contributed by atoms with van der Waals surface area (Å²) in [6.45, 7) is 3.46. The Morgan fingerprint density at radius 1 is 1.36 bits per heavy atom. The molecule has 2 N–H and O–H groups in total. The number of nitrogens with one attached hydrogen (secondary N) is 1. The molecule has 0 spiro atoms. The molecule has 0 radical (unpaired) electrons. The number of benzene rings is 1. The summed E-state index contributed by atoms with van der Waals surface area (Å²) in [5.41, 5.74) is 1.24. The largest absolute Gasteiger partial charge is 0.478 e. The Morgan fingerprint density at radius 3 is 2.59 bits per heavy atom. The number of aromatic carboxylic acids is 1. The van der Waals surface area contributed by atoms with Gasteiger partial charge >= 0.3 is 5.97 Å². The van der Waals surface area contributed by atoms with Crippen LogP contribution in [0.1, 0.15) is 21.5 Å². The fraction of sp³-hybridized carbons (Fsp3) is 0.143. The molecular formula is C14H12BrN3O4. The highest BCUT2D eigenvalue weighted by Gasteiger charge is 2.19. The summed E-state index contributed by atoms with van der Waals surface area (Å²) in [5.74, 6) is -0.772. The lowest BCUT2D eigenvalue weighted by Gasteiger charge is -2.12. The molecule has 2 rings (SSSR count). The number of halogens is 1. The van der Waals surface area contributed by atoms with Crippen molar-refractivity contribution in [2.24, 2.45) is 0 Å². The van der Waals surface area contributed by atoms with Crippen molar-refractivity contribution in [1.29, 1.82) is 0 Å². The van der Waals surface area contributed by atoms with Crippen molar-refractivity contribution in [3.63, 3.8) is 0 Å². The molecule has 22 heavy (non-hydrogen) atoms. The van der Waals surface area contributed by atoms with Gasteiger partial charge in [0.05, 0.1) is 20.6 Å². The van der Waals surface area contributed by atoms with Gasteiger partial charge in [-0.15, -0.1) is 0 Å². The van der Waals surface area contributed by atoms with E-state index in [0.29, 0.717) is 21.5 Å². The van der Waals surface area contributed by atoms with E-state index in [9.17, 15) is 20.0 Å². The third-order valence-electron chi connectivity index (χ3n) is 3.06. The Hall–Kier alpha value is -2.48. The number of pyridine rings is 1. The molecule has 0 saturated heterocycles. The lowest BCUT2D eigenvalue weighted by molar-refractivity contribution is -0.384. The minimum absolute atomic E-state index is 0.125. The zero-order valence-corrected chi connectivity index (χ0v) is 13.3. The van der Waals surface area contributed by atoms with Crippen molar-refractivity contribution in [3.05, 3.63) is 55.7 Å². The van der Waals surface area contributed by atoms with E-state index in [0.717, 1.165) is 11.6 Å². The standard InChI is InChI=1S/C14H12BrN3O4/c1-7-3-11(15)13(16-6-7)17-12-5-9(18(21)22)4-10(8(12)2)14(19)20/h3-6H,1-2H3,(H,16,17)(H,19,20). The van der Waals surface area contributed by atoms with Crippen LogP contribution in [-0.2, 0) is 0 Å². The number of non-ortho nitro benzene ring substituents is 1. The summed E-state index contributed by atoms with van der Waals surface area (Å²) in [7, 11) is 0. The van der Waals surface area contributed by atoms with E-state index in [1.54, 1.807) is 13.1 Å². The summed E-state index contributed by atoms with van der Waals surface area (Å²) >= 11 is 3.35. The Balaban J connectivity index is 2.54. The highest BCUT2D eigenvalue weighted by atomic mass is 79.9. The Kier molecular flexibility index (Phi) is 4.41. The predicted octanol–water partition coefficient (Wildman–Crippen LogP) is 3.81. The fourth-order valence-electron chi connectivity index (χ4n) is 1.91. The molecule has 7 nitrogen and oxygen atoms in total. The van der Waals surface area contributed by atoms with Crippen LogP contribution in [0.15, 0.2) is 28.9 Å². The van der Waals surface area contributed by atoms with E-state index in [1.165, 1.54) is 6.07 Å². The first-order valence-corrected chi connectivity index (χ1v) is 7.00. The minimum Gasteiger partial charge on any atom is -0.478 e. The number of nitro groups is 1. The third-order valence-corrected chi connectivity index (χ3v) is 3.67. The number of anilines is 2. The summed E-state index contributed by atoms with van der Waals surface area (Å²) < 4.78 is 0.676. The molecule has 1 heterocycles. The number of aromatic nitrogens is 1. The van der Waals surface area contributed by atoms with Gasteiger partial charge in [-0.25, -0.2) is 9.78 Å². The Bertz CT molecular complexity index is 777. The van der Waals surface area contributed by atoms with Gasteiger partial charge in [-0.1, -0.05) is 0 Å². The number of carboxylic acid groups (broad SMARTS) is 1. The van der Waals surface area contributed by atoms with Crippen LogP contribution >= 0.6 is 15.9 Å². The lowest BCUT2D eigenvalue weighted by Crippen LogP contribution is -2.06. The van der Waals surface area contributed by atoms with Crippen molar-refractivity contribution >= 4 is 39.1 Å². The maximum atomic E-state index is 11.2. The van der Waals surface area contributed by atoms with Crippen LogP contribution in [0.2, 0.25) is 0 Å². The average Bonchev–Trinajstić information content (AvgIpc) is 2.43. The Morgan fingerprint density at radius 2 is 2.05 bits per heavy atom. The molecule has 0 aliphatic carbocycles. The van der Waals surface area contributed by atoms with Crippen molar-refractivity contribution in [3.8, 4) is 0 Å². The summed E-state index contributed by atoms with van der Waals surface area (Å²) in [4.78, 5) is 25.8. The molecule has 8 heteroatoms. The van der Waals surface area contributed by atoms with Crippen molar-refractivity contribution in [1.82, 2.24) is 4.98 Å². The van der Waals surface area contributed by atoms with Gasteiger partial charge < -0.3 is 10.4 Å². The van der Waals surface area contributed by atoms with Gasteiger partial charge in [-0.05, 0) is 47.0 Å². The van der Waals surface area contributed by atoms with Crippen molar-refractivity contribution < 1.29 is 14.8 Å². The monoisotopic (exact) mass is 365 g/mol. The van der Waals surface area contributed by atoms with Gasteiger partial charge in [0.25, 0.3) is 5.69 Å². The van der Waals surface area contributed by atoms with Crippen molar-refractivity contribution in [2.45, 2.75) is 13.8 Å². The second-order valence-electron chi connectivity index (χ2n) is 4.70.